The van der Waals surface area contributed by atoms with E-state index in [4.69, 9.17) is 4.74 Å². The van der Waals surface area contributed by atoms with Crippen LogP contribution in [0.25, 0.3) is 0 Å². The second kappa shape index (κ2) is 6.65. The van der Waals surface area contributed by atoms with Crippen LogP contribution in [0.4, 0.5) is 0 Å². The zero-order chi connectivity index (χ0) is 14.5. The van der Waals surface area contributed by atoms with Crippen LogP contribution in [-0.4, -0.2) is 45.8 Å². The molecule has 7 nitrogen and oxygen atoms in total. The number of methoxy groups -OCH3 is 1. The zero-order valence-electron chi connectivity index (χ0n) is 11.3. The van der Waals surface area contributed by atoms with Gasteiger partial charge in [0, 0.05) is 19.7 Å². The number of ether oxygens (including phenoxy) is 1. The van der Waals surface area contributed by atoms with E-state index in [1.54, 1.807) is 6.92 Å². The number of hydrogen-bond donors (Lipinski definition) is 3. The highest BCUT2D eigenvalue weighted by Gasteiger charge is 2.44. The summed E-state index contributed by atoms with van der Waals surface area (Å²) < 4.78 is 33.2. The number of rotatable bonds is 7. The second-order valence-corrected chi connectivity index (χ2v) is 6.56. The van der Waals surface area contributed by atoms with Crippen LogP contribution in [0.5, 0.6) is 0 Å². The predicted molar refractivity (Wildman–Crippen MR) is 69.9 cm³/mol. The molecule has 0 bridgehead atoms. The van der Waals surface area contributed by atoms with E-state index in [9.17, 15) is 18.3 Å². The Morgan fingerprint density at radius 3 is 2.74 bits per heavy atom. The van der Waals surface area contributed by atoms with E-state index in [0.29, 0.717) is 12.8 Å². The molecule has 0 aliphatic heterocycles. The van der Waals surface area contributed by atoms with Gasteiger partial charge in [-0.25, -0.2) is 0 Å². The maximum Gasteiger partial charge on any atom is 0.310 e. The van der Waals surface area contributed by atoms with Gasteiger partial charge in [0.1, 0.15) is 0 Å². The largest absolute Gasteiger partial charge is 0.481 e. The van der Waals surface area contributed by atoms with Gasteiger partial charge in [0.05, 0.1) is 12.0 Å². The number of carboxylic acid groups (broad SMARTS) is 1. The van der Waals surface area contributed by atoms with Crippen molar-refractivity contribution in [2.75, 3.05) is 20.3 Å². The van der Waals surface area contributed by atoms with E-state index < -0.39 is 27.6 Å². The molecular weight excluding hydrogens is 272 g/mol. The Labute approximate surface area is 113 Å². The van der Waals surface area contributed by atoms with Gasteiger partial charge in [0.15, 0.2) is 0 Å². The van der Waals surface area contributed by atoms with Crippen LogP contribution in [0.3, 0.4) is 0 Å². The Hall–Kier alpha value is -0.700. The highest BCUT2D eigenvalue weighted by Crippen LogP contribution is 2.36. The number of carboxylic acids is 1. The van der Waals surface area contributed by atoms with Gasteiger partial charge in [-0.1, -0.05) is 12.8 Å². The van der Waals surface area contributed by atoms with E-state index >= 15 is 0 Å². The fourth-order valence-corrected chi connectivity index (χ4v) is 3.47. The smallest absolute Gasteiger partial charge is 0.310 e. The second-order valence-electron chi connectivity index (χ2n) is 5.03. The lowest BCUT2D eigenvalue weighted by molar-refractivity contribution is -0.151. The third-order valence-electron chi connectivity index (χ3n) is 3.59. The first-order valence-electron chi connectivity index (χ1n) is 6.31. The lowest BCUT2D eigenvalue weighted by atomic mass is 9.72. The van der Waals surface area contributed by atoms with Crippen molar-refractivity contribution in [3.8, 4) is 0 Å². The van der Waals surface area contributed by atoms with Gasteiger partial charge in [-0.2, -0.15) is 17.9 Å². The molecule has 1 fully saturated rings. The summed E-state index contributed by atoms with van der Waals surface area (Å²) in [5.74, 6) is -0.961. The van der Waals surface area contributed by atoms with Crippen molar-refractivity contribution in [2.45, 2.75) is 38.6 Å². The van der Waals surface area contributed by atoms with Crippen molar-refractivity contribution in [3.63, 3.8) is 0 Å². The molecule has 0 radical (unpaired) electrons. The highest BCUT2D eigenvalue weighted by molar-refractivity contribution is 7.87. The average Bonchev–Trinajstić information content (AvgIpc) is 2.32. The monoisotopic (exact) mass is 294 g/mol. The average molecular weight is 294 g/mol. The first kappa shape index (κ1) is 16.4. The minimum atomic E-state index is -3.70. The summed E-state index contributed by atoms with van der Waals surface area (Å²) in [7, 11) is -2.22. The van der Waals surface area contributed by atoms with Gasteiger partial charge < -0.3 is 9.84 Å². The lowest BCUT2D eigenvalue weighted by Crippen LogP contribution is -2.54. The highest BCUT2D eigenvalue weighted by atomic mass is 32.2. The third kappa shape index (κ3) is 4.41. The van der Waals surface area contributed by atoms with Crippen molar-refractivity contribution in [1.29, 1.82) is 0 Å². The van der Waals surface area contributed by atoms with Crippen molar-refractivity contribution in [2.24, 2.45) is 5.41 Å². The molecular formula is C11H22N2O5S. The zero-order valence-corrected chi connectivity index (χ0v) is 12.1. The SMILES string of the molecule is COCCNS(=O)(=O)NC1CCCCC1(C)C(=O)O. The summed E-state index contributed by atoms with van der Waals surface area (Å²) in [5, 5.41) is 9.30. The van der Waals surface area contributed by atoms with Crippen LogP contribution < -0.4 is 9.44 Å². The molecule has 1 rings (SSSR count). The molecule has 0 saturated heterocycles. The topological polar surface area (TPSA) is 105 Å². The van der Waals surface area contributed by atoms with Crippen LogP contribution in [0.1, 0.15) is 32.6 Å². The summed E-state index contributed by atoms with van der Waals surface area (Å²) >= 11 is 0. The minimum Gasteiger partial charge on any atom is -0.481 e. The maximum atomic E-state index is 11.8. The van der Waals surface area contributed by atoms with Gasteiger partial charge in [-0.15, -0.1) is 0 Å². The lowest BCUT2D eigenvalue weighted by Gasteiger charge is -2.37. The van der Waals surface area contributed by atoms with E-state index in [1.807, 2.05) is 0 Å². The van der Waals surface area contributed by atoms with Gasteiger partial charge in [-0.3, -0.25) is 4.79 Å². The van der Waals surface area contributed by atoms with Crippen LogP contribution in [0, 0.1) is 5.41 Å². The molecule has 2 unspecified atom stereocenters. The molecule has 19 heavy (non-hydrogen) atoms. The normalized spacial score (nSPS) is 28.2. The van der Waals surface area contributed by atoms with Crippen LogP contribution >= 0.6 is 0 Å². The van der Waals surface area contributed by atoms with Gasteiger partial charge in [0.25, 0.3) is 10.2 Å². The molecule has 1 aliphatic rings. The van der Waals surface area contributed by atoms with E-state index in [1.165, 1.54) is 7.11 Å². The van der Waals surface area contributed by atoms with Gasteiger partial charge >= 0.3 is 5.97 Å². The predicted octanol–water partition coefficient (Wildman–Crippen LogP) is 0.0903. The molecule has 1 saturated carbocycles. The summed E-state index contributed by atoms with van der Waals surface area (Å²) in [6.45, 7) is 2.01. The summed E-state index contributed by atoms with van der Waals surface area (Å²) in [5.41, 5.74) is -1.05. The Bertz CT molecular complexity index is 411. The Kier molecular flexibility index (Phi) is 5.72. The van der Waals surface area contributed by atoms with E-state index in [2.05, 4.69) is 9.44 Å². The van der Waals surface area contributed by atoms with Gasteiger partial charge in [-0.05, 0) is 19.8 Å². The fraction of sp³-hybridized carbons (Fsp3) is 0.909. The van der Waals surface area contributed by atoms with E-state index in [0.717, 1.165) is 12.8 Å². The summed E-state index contributed by atoms with van der Waals surface area (Å²) in [4.78, 5) is 11.4. The van der Waals surface area contributed by atoms with Crippen LogP contribution in [-0.2, 0) is 19.7 Å². The van der Waals surface area contributed by atoms with Crippen LogP contribution in [0.2, 0.25) is 0 Å². The molecule has 0 aromatic carbocycles. The fourth-order valence-electron chi connectivity index (χ4n) is 2.29. The Morgan fingerprint density at radius 1 is 1.47 bits per heavy atom. The molecule has 0 heterocycles. The number of aliphatic carboxylic acids is 1. The molecule has 0 spiro atoms. The van der Waals surface area contributed by atoms with E-state index in [-0.39, 0.29) is 13.2 Å². The van der Waals surface area contributed by atoms with Gasteiger partial charge in [0.2, 0.25) is 0 Å². The van der Waals surface area contributed by atoms with Crippen molar-refractivity contribution < 1.29 is 23.1 Å². The van der Waals surface area contributed by atoms with Crippen molar-refractivity contribution in [1.82, 2.24) is 9.44 Å². The molecule has 0 amide bonds. The molecule has 112 valence electrons. The van der Waals surface area contributed by atoms with Crippen molar-refractivity contribution >= 4 is 16.2 Å². The molecule has 1 aliphatic carbocycles. The molecule has 8 heteroatoms. The molecule has 0 aromatic rings. The maximum absolute atomic E-state index is 11.8. The molecule has 0 aromatic heterocycles. The Balaban J connectivity index is 2.69. The Morgan fingerprint density at radius 2 is 2.16 bits per heavy atom. The minimum absolute atomic E-state index is 0.155. The number of hydrogen-bond acceptors (Lipinski definition) is 4. The number of carbonyl (C=O) groups is 1. The van der Waals surface area contributed by atoms with Crippen LogP contribution in [0.15, 0.2) is 0 Å². The van der Waals surface area contributed by atoms with Crippen molar-refractivity contribution in [3.05, 3.63) is 0 Å². The third-order valence-corrected chi connectivity index (χ3v) is 4.77. The standard InChI is InChI=1S/C11H22N2O5S/c1-11(10(14)15)6-4-3-5-9(11)13-19(16,17)12-7-8-18-2/h9,12-13H,3-8H2,1-2H3,(H,14,15). The summed E-state index contributed by atoms with van der Waals surface area (Å²) in [6, 6.07) is -0.584. The summed E-state index contributed by atoms with van der Waals surface area (Å²) in [6.07, 6.45) is 2.65. The quantitative estimate of drug-likeness (QED) is 0.577. The molecule has 3 N–H and O–H groups in total. The number of nitrogens with one attached hydrogen (secondary N) is 2. The first-order valence-corrected chi connectivity index (χ1v) is 7.79. The molecule has 2 atom stereocenters. The first-order chi connectivity index (χ1) is 8.82.